The number of rotatable bonds is 1. The quantitative estimate of drug-likeness (QED) is 0.511. The zero-order valence-corrected chi connectivity index (χ0v) is 13.8. The summed E-state index contributed by atoms with van der Waals surface area (Å²) in [6.45, 7) is 3.90. The molecule has 0 aliphatic rings. The van der Waals surface area contributed by atoms with E-state index >= 15 is 0 Å². The molecular formula is C14H9Cl3N2S. The number of thiophene rings is 1. The van der Waals surface area contributed by atoms with Crippen molar-refractivity contribution in [2.75, 3.05) is 0 Å². The van der Waals surface area contributed by atoms with Crippen LogP contribution in [-0.2, 0) is 0 Å². The summed E-state index contributed by atoms with van der Waals surface area (Å²) in [5.74, 6) is 0.511. The Morgan fingerprint density at radius 3 is 2.45 bits per heavy atom. The largest absolute Gasteiger partial charge is 0.226 e. The maximum atomic E-state index is 6.27. The van der Waals surface area contributed by atoms with E-state index in [1.54, 1.807) is 0 Å². The molecule has 3 aromatic rings. The van der Waals surface area contributed by atoms with Crippen molar-refractivity contribution in [1.29, 1.82) is 0 Å². The highest BCUT2D eigenvalue weighted by Crippen LogP contribution is 2.37. The van der Waals surface area contributed by atoms with Crippen LogP contribution < -0.4 is 0 Å². The summed E-state index contributed by atoms with van der Waals surface area (Å²) in [6.07, 6.45) is 0. The van der Waals surface area contributed by atoms with Gasteiger partial charge in [-0.2, -0.15) is 0 Å². The summed E-state index contributed by atoms with van der Waals surface area (Å²) < 4.78 is 0. The second kappa shape index (κ2) is 5.15. The van der Waals surface area contributed by atoms with Gasteiger partial charge in [-0.15, -0.1) is 11.3 Å². The molecule has 0 spiro atoms. The molecule has 0 fully saturated rings. The molecule has 2 aromatic heterocycles. The smallest absolute Gasteiger partial charge is 0.173 e. The molecule has 0 aliphatic carbocycles. The Hall–Kier alpha value is -0.870. The van der Waals surface area contributed by atoms with Gasteiger partial charge in [0.2, 0.25) is 0 Å². The molecule has 0 amide bonds. The van der Waals surface area contributed by atoms with Gasteiger partial charge in [-0.1, -0.05) is 34.8 Å². The lowest BCUT2D eigenvalue weighted by atomic mass is 10.1. The van der Waals surface area contributed by atoms with Gasteiger partial charge in [0.1, 0.15) is 5.15 Å². The minimum absolute atomic E-state index is 0.387. The van der Waals surface area contributed by atoms with Gasteiger partial charge in [0.25, 0.3) is 0 Å². The summed E-state index contributed by atoms with van der Waals surface area (Å²) in [7, 11) is 0. The molecular weight excluding hydrogens is 335 g/mol. The number of hydrogen-bond acceptors (Lipinski definition) is 3. The highest BCUT2D eigenvalue weighted by atomic mass is 35.5. The number of benzene rings is 1. The molecule has 6 heteroatoms. The van der Waals surface area contributed by atoms with Crippen molar-refractivity contribution in [3.8, 4) is 10.7 Å². The lowest BCUT2D eigenvalue weighted by Crippen LogP contribution is -1.92. The van der Waals surface area contributed by atoms with Crippen molar-refractivity contribution in [1.82, 2.24) is 9.97 Å². The Kier molecular flexibility index (Phi) is 3.63. The molecule has 0 bridgehead atoms. The molecule has 2 heterocycles. The summed E-state index contributed by atoms with van der Waals surface area (Å²) in [5, 5.41) is 4.33. The van der Waals surface area contributed by atoms with E-state index in [2.05, 4.69) is 9.97 Å². The fraction of sp³-hybridized carbons (Fsp3) is 0.143. The van der Waals surface area contributed by atoms with E-state index in [1.807, 2.05) is 31.4 Å². The predicted octanol–water partition coefficient (Wildman–Crippen LogP) is 5.94. The Morgan fingerprint density at radius 2 is 1.80 bits per heavy atom. The molecule has 0 atom stereocenters. The number of nitrogens with zero attached hydrogens (tertiary/aromatic N) is 2. The topological polar surface area (TPSA) is 25.8 Å². The van der Waals surface area contributed by atoms with Crippen LogP contribution in [0, 0.1) is 13.8 Å². The standard InChI is InChI=1S/C14H9Cl3N2S/c1-6-3-8-11(9(15)4-6)18-14(19-13(8)17)12-10(16)7(2)5-20-12/h3-5H,1-2H3. The van der Waals surface area contributed by atoms with Crippen molar-refractivity contribution >= 4 is 57.0 Å². The molecule has 2 nitrogen and oxygen atoms in total. The SMILES string of the molecule is Cc1cc(Cl)c2nc(-c3scc(C)c3Cl)nc(Cl)c2c1. The highest BCUT2D eigenvalue weighted by molar-refractivity contribution is 7.14. The second-order valence-corrected chi connectivity index (χ2v) is 6.57. The van der Waals surface area contributed by atoms with E-state index in [0.717, 1.165) is 21.4 Å². The van der Waals surface area contributed by atoms with E-state index in [1.165, 1.54) is 11.3 Å². The van der Waals surface area contributed by atoms with E-state index in [0.29, 0.717) is 26.5 Å². The van der Waals surface area contributed by atoms with Crippen LogP contribution in [0.2, 0.25) is 15.2 Å². The van der Waals surface area contributed by atoms with Crippen LogP contribution in [0.4, 0.5) is 0 Å². The van der Waals surface area contributed by atoms with Crippen molar-refractivity contribution in [2.24, 2.45) is 0 Å². The molecule has 0 aliphatic heterocycles. The molecule has 0 saturated heterocycles. The Labute approximate surface area is 135 Å². The lowest BCUT2D eigenvalue weighted by molar-refractivity contribution is 1.23. The summed E-state index contributed by atoms with van der Waals surface area (Å²) in [5.41, 5.74) is 2.67. The lowest BCUT2D eigenvalue weighted by Gasteiger charge is -2.06. The first-order chi connectivity index (χ1) is 9.47. The van der Waals surface area contributed by atoms with Crippen molar-refractivity contribution in [3.63, 3.8) is 0 Å². The zero-order valence-electron chi connectivity index (χ0n) is 10.7. The third-order valence-electron chi connectivity index (χ3n) is 2.95. The first-order valence-electron chi connectivity index (χ1n) is 5.84. The number of aryl methyl sites for hydroxylation is 2. The summed E-state index contributed by atoms with van der Waals surface area (Å²) in [6, 6.07) is 3.78. The normalized spacial score (nSPS) is 11.2. The molecule has 0 unspecified atom stereocenters. The van der Waals surface area contributed by atoms with Crippen LogP contribution in [0.3, 0.4) is 0 Å². The average Bonchev–Trinajstić information content (AvgIpc) is 2.71. The van der Waals surface area contributed by atoms with Gasteiger partial charge in [-0.05, 0) is 42.5 Å². The number of aromatic nitrogens is 2. The minimum atomic E-state index is 0.387. The fourth-order valence-corrected chi connectivity index (χ4v) is 3.72. The number of hydrogen-bond donors (Lipinski definition) is 0. The maximum Gasteiger partial charge on any atom is 0.173 e. The second-order valence-electron chi connectivity index (χ2n) is 4.54. The van der Waals surface area contributed by atoms with Gasteiger partial charge in [-0.3, -0.25) is 0 Å². The average molecular weight is 344 g/mol. The Bertz CT molecular complexity index is 827. The van der Waals surface area contributed by atoms with Gasteiger partial charge in [-0.25, -0.2) is 9.97 Å². The van der Waals surface area contributed by atoms with E-state index in [-0.39, 0.29) is 0 Å². The first kappa shape index (κ1) is 14.1. The fourth-order valence-electron chi connectivity index (χ4n) is 1.97. The molecule has 20 heavy (non-hydrogen) atoms. The van der Waals surface area contributed by atoms with Crippen molar-refractivity contribution in [2.45, 2.75) is 13.8 Å². The van der Waals surface area contributed by atoms with Crippen molar-refractivity contribution in [3.05, 3.63) is 43.8 Å². The minimum Gasteiger partial charge on any atom is -0.226 e. The van der Waals surface area contributed by atoms with Gasteiger partial charge in [0.05, 0.1) is 20.4 Å². The van der Waals surface area contributed by atoms with Gasteiger partial charge in [0.15, 0.2) is 5.82 Å². The summed E-state index contributed by atoms with van der Waals surface area (Å²) in [4.78, 5) is 9.68. The predicted molar refractivity (Wildman–Crippen MR) is 87.4 cm³/mol. The molecule has 0 N–H and O–H groups in total. The van der Waals surface area contributed by atoms with Crippen LogP contribution >= 0.6 is 46.1 Å². The van der Waals surface area contributed by atoms with Crippen LogP contribution in [0.15, 0.2) is 17.5 Å². The Morgan fingerprint density at radius 1 is 1.05 bits per heavy atom. The number of halogens is 3. The Balaban J connectivity index is 2.32. The molecule has 1 aromatic carbocycles. The first-order valence-corrected chi connectivity index (χ1v) is 7.86. The third kappa shape index (κ3) is 2.29. The van der Waals surface area contributed by atoms with E-state index in [9.17, 15) is 0 Å². The third-order valence-corrected chi connectivity index (χ3v) is 5.22. The molecule has 0 radical (unpaired) electrons. The van der Waals surface area contributed by atoms with Gasteiger partial charge >= 0.3 is 0 Å². The van der Waals surface area contributed by atoms with Gasteiger partial charge < -0.3 is 0 Å². The monoisotopic (exact) mass is 342 g/mol. The van der Waals surface area contributed by atoms with Crippen LogP contribution in [0.25, 0.3) is 21.6 Å². The van der Waals surface area contributed by atoms with Gasteiger partial charge in [0, 0.05) is 5.39 Å². The van der Waals surface area contributed by atoms with E-state index in [4.69, 9.17) is 34.8 Å². The molecule has 3 rings (SSSR count). The maximum absolute atomic E-state index is 6.27. The van der Waals surface area contributed by atoms with Crippen molar-refractivity contribution < 1.29 is 0 Å². The molecule has 102 valence electrons. The summed E-state index contributed by atoms with van der Waals surface area (Å²) >= 11 is 20.3. The zero-order chi connectivity index (χ0) is 14.4. The van der Waals surface area contributed by atoms with E-state index < -0.39 is 0 Å². The van der Waals surface area contributed by atoms with Crippen LogP contribution in [0.1, 0.15) is 11.1 Å². The number of fused-ring (bicyclic) bond motifs is 1. The highest BCUT2D eigenvalue weighted by Gasteiger charge is 2.15. The molecule has 0 saturated carbocycles. The van der Waals surface area contributed by atoms with Crippen LogP contribution in [0.5, 0.6) is 0 Å². The van der Waals surface area contributed by atoms with Crippen LogP contribution in [-0.4, -0.2) is 9.97 Å².